The average Bonchev–Trinajstić information content (AvgIpc) is 2.27. The highest BCUT2D eigenvalue weighted by Gasteiger charge is 2.07. The summed E-state index contributed by atoms with van der Waals surface area (Å²) in [5.41, 5.74) is 0.289. The number of nitrogens with one attached hydrogen (secondary N) is 1. The maximum absolute atomic E-state index is 13.0. The first-order chi connectivity index (χ1) is 8.13. The van der Waals surface area contributed by atoms with E-state index in [0.717, 1.165) is 5.33 Å². The van der Waals surface area contributed by atoms with Crippen LogP contribution in [0.4, 0.5) is 4.39 Å². The summed E-state index contributed by atoms with van der Waals surface area (Å²) >= 11 is 6.36. The van der Waals surface area contributed by atoms with Crippen molar-refractivity contribution >= 4 is 37.8 Å². The van der Waals surface area contributed by atoms with E-state index in [0.29, 0.717) is 24.2 Å². The molecule has 1 N–H and O–H groups in total. The SMILES string of the molecule is O=C(NCCOCCBr)c1cc(F)cc(Br)c1. The minimum absolute atomic E-state index is 0.289. The van der Waals surface area contributed by atoms with Gasteiger partial charge in [0, 0.05) is 21.9 Å². The van der Waals surface area contributed by atoms with Gasteiger partial charge in [0.15, 0.2) is 0 Å². The second-order valence-corrected chi connectivity index (χ2v) is 4.92. The maximum atomic E-state index is 13.0. The second-order valence-electron chi connectivity index (χ2n) is 3.22. The summed E-state index contributed by atoms with van der Waals surface area (Å²) in [7, 11) is 0. The number of carbonyl (C=O) groups excluding carboxylic acids is 1. The van der Waals surface area contributed by atoms with Crippen LogP contribution in [-0.2, 0) is 4.74 Å². The molecular weight excluding hydrogens is 357 g/mol. The third kappa shape index (κ3) is 5.61. The Labute approximate surface area is 116 Å². The van der Waals surface area contributed by atoms with E-state index >= 15 is 0 Å². The molecule has 0 radical (unpaired) electrons. The fraction of sp³-hybridized carbons (Fsp3) is 0.364. The van der Waals surface area contributed by atoms with Gasteiger partial charge in [-0.25, -0.2) is 4.39 Å². The third-order valence-electron chi connectivity index (χ3n) is 1.88. The fourth-order valence-corrected chi connectivity index (χ4v) is 1.87. The lowest BCUT2D eigenvalue weighted by atomic mass is 10.2. The van der Waals surface area contributed by atoms with E-state index in [-0.39, 0.29) is 11.5 Å². The van der Waals surface area contributed by atoms with Gasteiger partial charge in [-0.2, -0.15) is 0 Å². The number of alkyl halides is 1. The Morgan fingerprint density at radius 2 is 2.12 bits per heavy atom. The lowest BCUT2D eigenvalue weighted by Crippen LogP contribution is -2.27. The van der Waals surface area contributed by atoms with Gasteiger partial charge in [0.1, 0.15) is 5.82 Å². The Balaban J connectivity index is 2.41. The van der Waals surface area contributed by atoms with E-state index in [1.807, 2.05) is 0 Å². The van der Waals surface area contributed by atoms with Crippen LogP contribution in [0.25, 0.3) is 0 Å². The Morgan fingerprint density at radius 3 is 2.76 bits per heavy atom. The minimum atomic E-state index is -0.444. The molecule has 0 aliphatic carbocycles. The number of benzene rings is 1. The molecule has 94 valence electrons. The molecule has 0 unspecified atom stereocenters. The number of carbonyl (C=O) groups is 1. The zero-order chi connectivity index (χ0) is 12.7. The highest BCUT2D eigenvalue weighted by atomic mass is 79.9. The van der Waals surface area contributed by atoms with Gasteiger partial charge in [-0.15, -0.1) is 0 Å². The van der Waals surface area contributed by atoms with Crippen molar-refractivity contribution in [2.24, 2.45) is 0 Å². The quantitative estimate of drug-likeness (QED) is 0.619. The fourth-order valence-electron chi connectivity index (χ4n) is 1.18. The first-order valence-electron chi connectivity index (χ1n) is 5.01. The summed E-state index contributed by atoms with van der Waals surface area (Å²) in [6.07, 6.45) is 0. The first kappa shape index (κ1) is 14.6. The normalized spacial score (nSPS) is 10.3. The summed E-state index contributed by atoms with van der Waals surface area (Å²) in [4.78, 5) is 11.6. The highest BCUT2D eigenvalue weighted by Crippen LogP contribution is 2.14. The predicted molar refractivity (Wildman–Crippen MR) is 71.0 cm³/mol. The minimum Gasteiger partial charge on any atom is -0.379 e. The summed E-state index contributed by atoms with van der Waals surface area (Å²) in [6.45, 7) is 1.44. The Bertz CT molecular complexity index is 367. The Kier molecular flexibility index (Phi) is 6.69. The number of rotatable bonds is 6. The molecule has 0 aliphatic rings. The van der Waals surface area contributed by atoms with E-state index in [1.165, 1.54) is 12.1 Å². The van der Waals surface area contributed by atoms with Crippen LogP contribution < -0.4 is 5.32 Å². The van der Waals surface area contributed by atoms with Gasteiger partial charge in [0.25, 0.3) is 5.91 Å². The first-order valence-corrected chi connectivity index (χ1v) is 6.93. The molecule has 6 heteroatoms. The van der Waals surface area contributed by atoms with Crippen LogP contribution in [-0.4, -0.2) is 31.0 Å². The van der Waals surface area contributed by atoms with Gasteiger partial charge in [0.2, 0.25) is 0 Å². The molecule has 0 heterocycles. The molecule has 17 heavy (non-hydrogen) atoms. The van der Waals surface area contributed by atoms with Crippen molar-refractivity contribution < 1.29 is 13.9 Å². The largest absolute Gasteiger partial charge is 0.379 e. The Morgan fingerprint density at radius 1 is 1.35 bits per heavy atom. The van der Waals surface area contributed by atoms with Gasteiger partial charge in [-0.3, -0.25) is 4.79 Å². The van der Waals surface area contributed by atoms with Crippen LogP contribution >= 0.6 is 31.9 Å². The number of halogens is 3. The van der Waals surface area contributed by atoms with E-state index in [1.54, 1.807) is 6.07 Å². The molecule has 1 aromatic rings. The monoisotopic (exact) mass is 367 g/mol. The van der Waals surface area contributed by atoms with E-state index < -0.39 is 5.82 Å². The van der Waals surface area contributed by atoms with Crippen LogP contribution in [0.5, 0.6) is 0 Å². The molecule has 3 nitrogen and oxygen atoms in total. The van der Waals surface area contributed by atoms with Gasteiger partial charge < -0.3 is 10.1 Å². The van der Waals surface area contributed by atoms with Crippen LogP contribution in [0.1, 0.15) is 10.4 Å². The van der Waals surface area contributed by atoms with Crippen LogP contribution in [0.15, 0.2) is 22.7 Å². The van der Waals surface area contributed by atoms with E-state index in [4.69, 9.17) is 4.74 Å². The third-order valence-corrected chi connectivity index (χ3v) is 2.66. The smallest absolute Gasteiger partial charge is 0.251 e. The molecule has 1 aromatic carbocycles. The summed E-state index contributed by atoms with van der Waals surface area (Å²) in [6, 6.07) is 4.06. The van der Waals surface area contributed by atoms with Gasteiger partial charge in [-0.05, 0) is 18.2 Å². The molecule has 0 atom stereocenters. The lowest BCUT2D eigenvalue weighted by molar-refractivity contribution is 0.0923. The summed E-state index contributed by atoms with van der Waals surface area (Å²) in [5, 5.41) is 3.41. The zero-order valence-corrected chi connectivity index (χ0v) is 12.2. The Hall–Kier alpha value is -0.460. The van der Waals surface area contributed by atoms with Crippen LogP contribution in [0.2, 0.25) is 0 Å². The zero-order valence-electron chi connectivity index (χ0n) is 9.01. The number of hydrogen-bond donors (Lipinski definition) is 1. The molecule has 0 bridgehead atoms. The molecule has 0 aliphatic heterocycles. The molecule has 0 aromatic heterocycles. The maximum Gasteiger partial charge on any atom is 0.251 e. The molecule has 0 saturated carbocycles. The van der Waals surface area contributed by atoms with Crippen molar-refractivity contribution in [3.63, 3.8) is 0 Å². The second kappa shape index (κ2) is 7.79. The lowest BCUT2D eigenvalue weighted by Gasteiger charge is -2.06. The van der Waals surface area contributed by atoms with Crippen LogP contribution in [0, 0.1) is 5.82 Å². The van der Waals surface area contributed by atoms with Crippen molar-refractivity contribution in [2.45, 2.75) is 0 Å². The van der Waals surface area contributed by atoms with Crippen molar-refractivity contribution in [1.29, 1.82) is 0 Å². The summed E-state index contributed by atoms with van der Waals surface area (Å²) in [5.74, 6) is -0.757. The van der Waals surface area contributed by atoms with Crippen molar-refractivity contribution in [1.82, 2.24) is 5.32 Å². The molecular formula is C11H12Br2FNO2. The standard InChI is InChI=1S/C11H12Br2FNO2/c12-1-3-17-4-2-15-11(16)8-5-9(13)7-10(14)6-8/h5-7H,1-4H2,(H,15,16). The van der Waals surface area contributed by atoms with Gasteiger partial charge in [0.05, 0.1) is 13.2 Å². The molecule has 0 fully saturated rings. The predicted octanol–water partition coefficient (Wildman–Crippen LogP) is 2.73. The average molecular weight is 369 g/mol. The molecule has 1 amide bonds. The number of hydrogen-bond acceptors (Lipinski definition) is 2. The van der Waals surface area contributed by atoms with Crippen molar-refractivity contribution in [3.8, 4) is 0 Å². The van der Waals surface area contributed by atoms with Gasteiger partial charge in [-0.1, -0.05) is 31.9 Å². The number of ether oxygens (including phenoxy) is 1. The van der Waals surface area contributed by atoms with Crippen LogP contribution in [0.3, 0.4) is 0 Å². The highest BCUT2D eigenvalue weighted by molar-refractivity contribution is 9.10. The number of amides is 1. The van der Waals surface area contributed by atoms with E-state index in [2.05, 4.69) is 37.2 Å². The van der Waals surface area contributed by atoms with E-state index in [9.17, 15) is 9.18 Å². The molecule has 1 rings (SSSR count). The van der Waals surface area contributed by atoms with Crippen molar-refractivity contribution in [2.75, 3.05) is 25.1 Å². The molecule has 0 spiro atoms. The van der Waals surface area contributed by atoms with Gasteiger partial charge >= 0.3 is 0 Å². The van der Waals surface area contributed by atoms with Crippen molar-refractivity contribution in [3.05, 3.63) is 34.1 Å². The molecule has 0 saturated heterocycles. The summed E-state index contributed by atoms with van der Waals surface area (Å²) < 4.78 is 18.7. The topological polar surface area (TPSA) is 38.3 Å².